The molecule has 3 nitrogen and oxygen atoms in total. The first-order valence-electron chi connectivity index (χ1n) is 2.83. The molecule has 0 aromatic heterocycles. The second-order valence-electron chi connectivity index (χ2n) is 2.83. The van der Waals surface area contributed by atoms with E-state index in [0.717, 1.165) is 0 Å². The Morgan fingerprint density at radius 3 is 2.00 bits per heavy atom. The SMILES string of the molecule is CC(=O)[C@@H](O)C(C)(C)N. The van der Waals surface area contributed by atoms with E-state index in [2.05, 4.69) is 0 Å². The zero-order valence-electron chi connectivity index (χ0n) is 6.01. The van der Waals surface area contributed by atoms with Crippen LogP contribution in [0.4, 0.5) is 0 Å². The highest BCUT2D eigenvalue weighted by molar-refractivity contribution is 5.81. The summed E-state index contributed by atoms with van der Waals surface area (Å²) >= 11 is 0. The molecule has 0 heterocycles. The number of aliphatic hydroxyl groups is 1. The van der Waals surface area contributed by atoms with Gasteiger partial charge in [0.15, 0.2) is 5.78 Å². The fraction of sp³-hybridized carbons (Fsp3) is 0.833. The van der Waals surface area contributed by atoms with Crippen LogP contribution in [-0.2, 0) is 4.79 Å². The number of Topliss-reactive ketones (excluding diaryl/α,β-unsaturated/α-hetero) is 1. The van der Waals surface area contributed by atoms with Gasteiger partial charge < -0.3 is 10.8 Å². The van der Waals surface area contributed by atoms with E-state index in [0.29, 0.717) is 0 Å². The normalized spacial score (nSPS) is 15.2. The molecule has 0 saturated heterocycles. The van der Waals surface area contributed by atoms with Crippen LogP contribution in [0, 0.1) is 0 Å². The van der Waals surface area contributed by atoms with Gasteiger partial charge in [-0.1, -0.05) is 0 Å². The number of rotatable bonds is 2. The predicted molar refractivity (Wildman–Crippen MR) is 35.0 cm³/mol. The zero-order chi connectivity index (χ0) is 7.65. The van der Waals surface area contributed by atoms with Gasteiger partial charge in [0.2, 0.25) is 0 Å². The van der Waals surface area contributed by atoms with E-state index in [9.17, 15) is 4.79 Å². The molecule has 0 aromatic carbocycles. The topological polar surface area (TPSA) is 63.3 Å². The molecule has 9 heavy (non-hydrogen) atoms. The van der Waals surface area contributed by atoms with Crippen molar-refractivity contribution in [2.24, 2.45) is 5.73 Å². The average Bonchev–Trinajstić information content (AvgIpc) is 1.62. The molecule has 0 unspecified atom stereocenters. The van der Waals surface area contributed by atoms with E-state index < -0.39 is 11.6 Å². The molecule has 0 aliphatic rings. The summed E-state index contributed by atoms with van der Waals surface area (Å²) in [6.45, 7) is 4.54. The van der Waals surface area contributed by atoms with Gasteiger partial charge in [-0.15, -0.1) is 0 Å². The molecule has 0 saturated carbocycles. The van der Waals surface area contributed by atoms with Crippen molar-refractivity contribution in [3.63, 3.8) is 0 Å². The van der Waals surface area contributed by atoms with E-state index in [1.165, 1.54) is 6.92 Å². The minimum absolute atomic E-state index is 0.289. The van der Waals surface area contributed by atoms with Crippen LogP contribution < -0.4 is 5.73 Å². The van der Waals surface area contributed by atoms with Crippen molar-refractivity contribution >= 4 is 5.78 Å². The number of ketones is 1. The molecule has 0 fully saturated rings. The lowest BCUT2D eigenvalue weighted by Gasteiger charge is -2.22. The van der Waals surface area contributed by atoms with Crippen molar-refractivity contribution in [2.75, 3.05) is 0 Å². The van der Waals surface area contributed by atoms with Crippen LogP contribution in [0.1, 0.15) is 20.8 Å². The summed E-state index contributed by atoms with van der Waals surface area (Å²) in [5.74, 6) is -0.289. The van der Waals surface area contributed by atoms with Crippen LogP contribution in [0.15, 0.2) is 0 Å². The number of nitrogens with two attached hydrogens (primary N) is 1. The summed E-state index contributed by atoms with van der Waals surface area (Å²) < 4.78 is 0. The van der Waals surface area contributed by atoms with Crippen molar-refractivity contribution in [3.8, 4) is 0 Å². The number of carbonyl (C=O) groups is 1. The molecule has 0 amide bonds. The van der Waals surface area contributed by atoms with Crippen LogP contribution in [0.25, 0.3) is 0 Å². The van der Waals surface area contributed by atoms with Crippen LogP contribution >= 0.6 is 0 Å². The van der Waals surface area contributed by atoms with Gasteiger partial charge in [0.05, 0.1) is 0 Å². The Bertz CT molecular complexity index is 115. The molecular weight excluding hydrogens is 118 g/mol. The van der Waals surface area contributed by atoms with E-state index in [-0.39, 0.29) is 5.78 Å². The largest absolute Gasteiger partial charge is 0.383 e. The summed E-state index contributed by atoms with van der Waals surface area (Å²) in [6, 6.07) is 0. The molecule has 0 spiro atoms. The maximum absolute atomic E-state index is 10.5. The maximum atomic E-state index is 10.5. The van der Waals surface area contributed by atoms with E-state index in [1.807, 2.05) is 0 Å². The van der Waals surface area contributed by atoms with Gasteiger partial charge in [0.1, 0.15) is 6.10 Å². The third kappa shape index (κ3) is 2.58. The zero-order valence-corrected chi connectivity index (χ0v) is 6.01. The quantitative estimate of drug-likeness (QED) is 0.539. The second-order valence-corrected chi connectivity index (χ2v) is 2.83. The van der Waals surface area contributed by atoms with E-state index in [1.54, 1.807) is 13.8 Å². The second kappa shape index (κ2) is 2.45. The Morgan fingerprint density at radius 2 is 2.00 bits per heavy atom. The lowest BCUT2D eigenvalue weighted by Crippen LogP contribution is -2.48. The Morgan fingerprint density at radius 1 is 1.67 bits per heavy atom. The van der Waals surface area contributed by atoms with Crippen molar-refractivity contribution in [3.05, 3.63) is 0 Å². The van der Waals surface area contributed by atoms with Gasteiger partial charge >= 0.3 is 0 Å². The molecular formula is C6H13NO2. The molecule has 0 rings (SSSR count). The summed E-state index contributed by atoms with van der Waals surface area (Å²) in [7, 11) is 0. The van der Waals surface area contributed by atoms with Crippen molar-refractivity contribution in [1.82, 2.24) is 0 Å². The first-order valence-corrected chi connectivity index (χ1v) is 2.83. The van der Waals surface area contributed by atoms with Crippen LogP contribution in [0.5, 0.6) is 0 Å². The molecule has 3 heteroatoms. The summed E-state index contributed by atoms with van der Waals surface area (Å²) in [4.78, 5) is 10.5. The Kier molecular flexibility index (Phi) is 2.34. The lowest BCUT2D eigenvalue weighted by molar-refractivity contribution is -0.127. The minimum Gasteiger partial charge on any atom is -0.383 e. The molecule has 3 N–H and O–H groups in total. The first-order chi connectivity index (χ1) is 3.85. The number of aliphatic hydroxyl groups excluding tert-OH is 1. The molecule has 1 atom stereocenters. The van der Waals surface area contributed by atoms with Crippen LogP contribution in [0.3, 0.4) is 0 Å². The molecule has 0 aliphatic carbocycles. The average molecular weight is 131 g/mol. The monoisotopic (exact) mass is 131 g/mol. The third-order valence-corrected chi connectivity index (χ3v) is 1.09. The molecule has 0 radical (unpaired) electrons. The van der Waals surface area contributed by atoms with Gasteiger partial charge in [0, 0.05) is 5.54 Å². The summed E-state index contributed by atoms with van der Waals surface area (Å²) in [6.07, 6.45) is -1.04. The van der Waals surface area contributed by atoms with Gasteiger partial charge in [-0.05, 0) is 20.8 Å². The lowest BCUT2D eigenvalue weighted by atomic mass is 9.96. The summed E-state index contributed by atoms with van der Waals surface area (Å²) in [5, 5.41) is 8.99. The standard InChI is InChI=1S/C6H13NO2/c1-4(8)5(9)6(2,3)7/h5,9H,7H2,1-3H3/t5-/m1/s1. The fourth-order valence-corrected chi connectivity index (χ4v) is 0.524. The Balaban J connectivity index is 4.04. The van der Waals surface area contributed by atoms with E-state index >= 15 is 0 Å². The highest BCUT2D eigenvalue weighted by atomic mass is 16.3. The van der Waals surface area contributed by atoms with Crippen LogP contribution in [-0.4, -0.2) is 22.5 Å². The molecule has 0 aromatic rings. The van der Waals surface area contributed by atoms with Crippen molar-refractivity contribution in [2.45, 2.75) is 32.4 Å². The Hall–Kier alpha value is -0.410. The molecule has 0 bridgehead atoms. The van der Waals surface area contributed by atoms with Gasteiger partial charge in [0.25, 0.3) is 0 Å². The number of hydrogen-bond donors (Lipinski definition) is 2. The van der Waals surface area contributed by atoms with Crippen molar-refractivity contribution in [1.29, 1.82) is 0 Å². The first kappa shape index (κ1) is 8.59. The third-order valence-electron chi connectivity index (χ3n) is 1.09. The fourth-order valence-electron chi connectivity index (χ4n) is 0.524. The Labute approximate surface area is 54.9 Å². The van der Waals surface area contributed by atoms with Crippen molar-refractivity contribution < 1.29 is 9.90 Å². The highest BCUT2D eigenvalue weighted by Crippen LogP contribution is 2.04. The van der Waals surface area contributed by atoms with E-state index in [4.69, 9.17) is 10.8 Å². The summed E-state index contributed by atoms with van der Waals surface area (Å²) in [5.41, 5.74) is 4.60. The number of hydrogen-bond acceptors (Lipinski definition) is 3. The maximum Gasteiger partial charge on any atom is 0.160 e. The highest BCUT2D eigenvalue weighted by Gasteiger charge is 2.26. The smallest absolute Gasteiger partial charge is 0.160 e. The molecule has 0 aliphatic heterocycles. The van der Waals surface area contributed by atoms with Crippen LogP contribution in [0.2, 0.25) is 0 Å². The number of carbonyl (C=O) groups excluding carboxylic acids is 1. The van der Waals surface area contributed by atoms with Gasteiger partial charge in [-0.2, -0.15) is 0 Å². The molecule has 54 valence electrons. The minimum atomic E-state index is -1.04. The van der Waals surface area contributed by atoms with Gasteiger partial charge in [-0.3, -0.25) is 4.79 Å². The predicted octanol–water partition coefficient (Wildman–Crippen LogP) is -0.326. The van der Waals surface area contributed by atoms with Gasteiger partial charge in [-0.25, -0.2) is 0 Å².